The minimum atomic E-state index is -0.829. The summed E-state index contributed by atoms with van der Waals surface area (Å²) < 4.78 is 1.03. The second kappa shape index (κ2) is 7.68. The number of carbonyl (C=O) groups excluding carboxylic acids is 1. The van der Waals surface area contributed by atoms with Gasteiger partial charge in [-0.25, -0.2) is 9.48 Å². The van der Waals surface area contributed by atoms with Crippen LogP contribution in [0.2, 0.25) is 10.0 Å². The lowest BCUT2D eigenvalue weighted by Crippen LogP contribution is -2.34. The minimum absolute atomic E-state index is 0.386. The predicted molar refractivity (Wildman–Crippen MR) is 102 cm³/mol. The van der Waals surface area contributed by atoms with Crippen LogP contribution in [0.25, 0.3) is 11.3 Å². The molecule has 1 aromatic heterocycles. The van der Waals surface area contributed by atoms with E-state index >= 15 is 0 Å². The molecule has 0 spiro atoms. The number of nitrogens with one attached hydrogen (secondary N) is 1. The van der Waals surface area contributed by atoms with Crippen molar-refractivity contribution in [1.82, 2.24) is 14.8 Å². The predicted octanol–water partition coefficient (Wildman–Crippen LogP) is 3.81. The molecule has 6 nitrogen and oxygen atoms in total. The fourth-order valence-electron chi connectivity index (χ4n) is 2.27. The molecule has 1 N–H and O–H groups in total. The van der Waals surface area contributed by atoms with E-state index in [1.54, 1.807) is 55.5 Å². The molecule has 0 unspecified atom stereocenters. The first-order valence-corrected chi connectivity index (χ1v) is 8.48. The zero-order valence-electron chi connectivity index (χ0n) is 13.7. The summed E-state index contributed by atoms with van der Waals surface area (Å²) in [5.74, 6) is -0.386. The van der Waals surface area contributed by atoms with Gasteiger partial charge in [-0.3, -0.25) is 4.79 Å². The van der Waals surface area contributed by atoms with Crippen LogP contribution in [0.15, 0.2) is 59.5 Å². The largest absolute Gasteiger partial charge is 0.365 e. The van der Waals surface area contributed by atoms with Crippen LogP contribution in [0.5, 0.6) is 0 Å². The van der Waals surface area contributed by atoms with Crippen molar-refractivity contribution in [3.8, 4) is 11.3 Å². The minimum Gasteiger partial charge on any atom is -0.324 e. The van der Waals surface area contributed by atoms with Gasteiger partial charge in [0, 0.05) is 21.3 Å². The number of anilines is 1. The first-order chi connectivity index (χ1) is 12.4. The van der Waals surface area contributed by atoms with Crippen LogP contribution in [0.3, 0.4) is 0 Å². The summed E-state index contributed by atoms with van der Waals surface area (Å²) in [6, 6.07) is 12.7. The molecule has 8 heteroatoms. The van der Waals surface area contributed by atoms with Crippen LogP contribution in [-0.4, -0.2) is 20.7 Å². The number of carbonyl (C=O) groups is 1. The summed E-state index contributed by atoms with van der Waals surface area (Å²) in [5.41, 5.74) is 1.08. The van der Waals surface area contributed by atoms with Crippen molar-refractivity contribution in [1.29, 1.82) is 0 Å². The molecule has 3 rings (SSSR count). The number of hydrogen-bond acceptors (Lipinski definition) is 4. The number of halogens is 2. The summed E-state index contributed by atoms with van der Waals surface area (Å²) in [6.45, 7) is 1.57. The second-order valence-corrected chi connectivity index (χ2v) is 6.42. The molecule has 0 bridgehead atoms. The van der Waals surface area contributed by atoms with Gasteiger partial charge in [0.2, 0.25) is 5.91 Å². The van der Waals surface area contributed by atoms with Crippen molar-refractivity contribution >= 4 is 34.8 Å². The van der Waals surface area contributed by atoms with Gasteiger partial charge in [0.05, 0.1) is 11.9 Å². The van der Waals surface area contributed by atoms with Gasteiger partial charge in [-0.05, 0) is 43.3 Å². The van der Waals surface area contributed by atoms with Gasteiger partial charge in [0.1, 0.15) is 6.04 Å². The quantitative estimate of drug-likeness (QED) is 0.736. The molecule has 1 heterocycles. The summed E-state index contributed by atoms with van der Waals surface area (Å²) in [4.78, 5) is 28.6. The number of hydrogen-bond donors (Lipinski definition) is 1. The molecular weight excluding hydrogens is 375 g/mol. The van der Waals surface area contributed by atoms with Crippen molar-refractivity contribution in [3.63, 3.8) is 0 Å². The SMILES string of the molecule is C[C@@H](C(=O)Nc1ccc(Cl)cc1)n1ncc(-c2ccc(Cl)cc2)nc1=O. The molecule has 1 amide bonds. The third-order valence-corrected chi connectivity index (χ3v) is 4.22. The third-order valence-electron chi connectivity index (χ3n) is 3.71. The van der Waals surface area contributed by atoms with E-state index in [0.717, 1.165) is 4.68 Å². The fourth-order valence-corrected chi connectivity index (χ4v) is 2.52. The Morgan fingerprint density at radius 1 is 1.04 bits per heavy atom. The van der Waals surface area contributed by atoms with Crippen LogP contribution < -0.4 is 11.0 Å². The van der Waals surface area contributed by atoms with Crippen molar-refractivity contribution in [2.24, 2.45) is 0 Å². The molecular formula is C18H14Cl2N4O2. The lowest BCUT2D eigenvalue weighted by Gasteiger charge is -2.14. The Labute approximate surface area is 159 Å². The number of aromatic nitrogens is 3. The summed E-state index contributed by atoms with van der Waals surface area (Å²) >= 11 is 11.7. The van der Waals surface area contributed by atoms with Gasteiger partial charge in [0.15, 0.2) is 0 Å². The average Bonchev–Trinajstić information content (AvgIpc) is 2.63. The van der Waals surface area contributed by atoms with Crippen LogP contribution in [-0.2, 0) is 4.79 Å². The molecule has 26 heavy (non-hydrogen) atoms. The van der Waals surface area contributed by atoms with E-state index in [9.17, 15) is 9.59 Å². The molecule has 0 fully saturated rings. The maximum absolute atomic E-state index is 12.4. The van der Waals surface area contributed by atoms with E-state index in [0.29, 0.717) is 27.0 Å². The lowest BCUT2D eigenvalue weighted by atomic mass is 10.2. The van der Waals surface area contributed by atoms with E-state index < -0.39 is 11.7 Å². The Bertz CT molecular complexity index is 985. The van der Waals surface area contributed by atoms with E-state index in [2.05, 4.69) is 15.4 Å². The zero-order chi connectivity index (χ0) is 18.7. The van der Waals surface area contributed by atoms with Crippen LogP contribution in [0, 0.1) is 0 Å². The van der Waals surface area contributed by atoms with Gasteiger partial charge >= 0.3 is 5.69 Å². The smallest absolute Gasteiger partial charge is 0.324 e. The van der Waals surface area contributed by atoms with E-state index in [1.165, 1.54) is 6.20 Å². The zero-order valence-corrected chi connectivity index (χ0v) is 15.2. The van der Waals surface area contributed by atoms with Gasteiger partial charge in [0.25, 0.3) is 0 Å². The standard InChI is InChI=1S/C18H14Cl2N4O2/c1-11(17(25)22-15-8-6-14(20)7-9-15)24-18(26)23-16(10-21-24)12-2-4-13(19)5-3-12/h2-11H,1H3,(H,22,25)/t11-/m0/s1. The molecule has 0 aliphatic carbocycles. The molecule has 0 saturated heterocycles. The van der Waals surface area contributed by atoms with Crippen molar-refractivity contribution < 1.29 is 4.79 Å². The first-order valence-electron chi connectivity index (χ1n) is 7.72. The average molecular weight is 389 g/mol. The lowest BCUT2D eigenvalue weighted by molar-refractivity contribution is -0.119. The van der Waals surface area contributed by atoms with Crippen molar-refractivity contribution in [2.75, 3.05) is 5.32 Å². The first kappa shape index (κ1) is 18.1. The monoisotopic (exact) mass is 388 g/mol. The number of amides is 1. The van der Waals surface area contributed by atoms with E-state index in [-0.39, 0.29) is 5.91 Å². The second-order valence-electron chi connectivity index (χ2n) is 5.55. The maximum Gasteiger partial charge on any atom is 0.365 e. The molecule has 0 radical (unpaired) electrons. The summed E-state index contributed by atoms with van der Waals surface area (Å²) in [6.07, 6.45) is 1.44. The van der Waals surface area contributed by atoms with Gasteiger partial charge in [-0.2, -0.15) is 10.1 Å². The maximum atomic E-state index is 12.4. The Morgan fingerprint density at radius 2 is 1.62 bits per heavy atom. The normalized spacial score (nSPS) is 11.8. The Balaban J connectivity index is 1.79. The molecule has 2 aromatic carbocycles. The summed E-state index contributed by atoms with van der Waals surface area (Å²) in [7, 11) is 0. The molecule has 0 aliphatic rings. The molecule has 3 aromatic rings. The molecule has 132 valence electrons. The van der Waals surface area contributed by atoms with Crippen LogP contribution in [0.1, 0.15) is 13.0 Å². The number of rotatable bonds is 4. The van der Waals surface area contributed by atoms with Crippen LogP contribution >= 0.6 is 23.2 Å². The highest BCUT2D eigenvalue weighted by Gasteiger charge is 2.18. The van der Waals surface area contributed by atoms with E-state index in [1.807, 2.05) is 0 Å². The molecule has 1 atom stereocenters. The Hall–Kier alpha value is -2.70. The van der Waals surface area contributed by atoms with Gasteiger partial charge in [-0.15, -0.1) is 0 Å². The van der Waals surface area contributed by atoms with Crippen molar-refractivity contribution in [3.05, 3.63) is 75.3 Å². The Morgan fingerprint density at radius 3 is 2.19 bits per heavy atom. The third kappa shape index (κ3) is 4.09. The number of nitrogens with zero attached hydrogens (tertiary/aromatic N) is 3. The summed E-state index contributed by atoms with van der Waals surface area (Å²) in [5, 5.41) is 7.94. The van der Waals surface area contributed by atoms with Gasteiger partial charge < -0.3 is 5.32 Å². The molecule has 0 saturated carbocycles. The highest BCUT2D eigenvalue weighted by atomic mass is 35.5. The Kier molecular flexibility index (Phi) is 5.35. The highest BCUT2D eigenvalue weighted by Crippen LogP contribution is 2.18. The molecule has 0 aliphatic heterocycles. The highest BCUT2D eigenvalue weighted by molar-refractivity contribution is 6.30. The van der Waals surface area contributed by atoms with Gasteiger partial charge in [-0.1, -0.05) is 35.3 Å². The van der Waals surface area contributed by atoms with Crippen LogP contribution in [0.4, 0.5) is 5.69 Å². The van der Waals surface area contributed by atoms with Crippen molar-refractivity contribution in [2.45, 2.75) is 13.0 Å². The van der Waals surface area contributed by atoms with E-state index in [4.69, 9.17) is 23.2 Å². The topological polar surface area (TPSA) is 76.9 Å². The fraction of sp³-hybridized carbons (Fsp3) is 0.111. The number of benzene rings is 2.